The van der Waals surface area contributed by atoms with E-state index >= 15 is 0 Å². The van der Waals surface area contributed by atoms with Gasteiger partial charge in [0.15, 0.2) is 0 Å². The SMILES string of the molecule is Cc1ccccc1CCC(C)CC(CN)C(=O)O. The predicted molar refractivity (Wildman–Crippen MR) is 73.5 cm³/mol. The molecule has 3 heteroatoms. The van der Waals surface area contributed by atoms with Crippen LogP contribution >= 0.6 is 0 Å². The molecule has 1 aromatic rings. The molecule has 0 aliphatic carbocycles. The van der Waals surface area contributed by atoms with Crippen LogP contribution in [-0.4, -0.2) is 17.6 Å². The monoisotopic (exact) mass is 249 g/mol. The van der Waals surface area contributed by atoms with Gasteiger partial charge in [0.1, 0.15) is 0 Å². The fourth-order valence-electron chi connectivity index (χ4n) is 2.19. The van der Waals surface area contributed by atoms with Gasteiger partial charge in [0, 0.05) is 6.54 Å². The molecule has 0 amide bonds. The van der Waals surface area contributed by atoms with Gasteiger partial charge in [-0.3, -0.25) is 4.79 Å². The molecule has 3 N–H and O–H groups in total. The lowest BCUT2D eigenvalue weighted by Crippen LogP contribution is -2.25. The molecule has 100 valence electrons. The van der Waals surface area contributed by atoms with E-state index in [4.69, 9.17) is 10.8 Å². The van der Waals surface area contributed by atoms with Crippen LogP contribution in [0.2, 0.25) is 0 Å². The zero-order chi connectivity index (χ0) is 13.5. The summed E-state index contributed by atoms with van der Waals surface area (Å²) in [6.45, 7) is 4.44. The van der Waals surface area contributed by atoms with Crippen molar-refractivity contribution in [1.82, 2.24) is 0 Å². The lowest BCUT2D eigenvalue weighted by atomic mass is 9.90. The Morgan fingerprint density at radius 3 is 2.61 bits per heavy atom. The van der Waals surface area contributed by atoms with Crippen LogP contribution < -0.4 is 5.73 Å². The predicted octanol–water partition coefficient (Wildman–Crippen LogP) is 2.61. The van der Waals surface area contributed by atoms with E-state index in [1.165, 1.54) is 11.1 Å². The van der Waals surface area contributed by atoms with E-state index in [1.807, 2.05) is 12.1 Å². The number of carbonyl (C=O) groups is 1. The summed E-state index contributed by atoms with van der Waals surface area (Å²) >= 11 is 0. The molecule has 1 rings (SSSR count). The highest BCUT2D eigenvalue weighted by atomic mass is 16.4. The molecule has 0 aliphatic rings. The fourth-order valence-corrected chi connectivity index (χ4v) is 2.19. The summed E-state index contributed by atoms with van der Waals surface area (Å²) in [5, 5.41) is 8.97. The molecular formula is C15H23NO2. The third-order valence-corrected chi connectivity index (χ3v) is 3.49. The van der Waals surface area contributed by atoms with Gasteiger partial charge in [-0.15, -0.1) is 0 Å². The van der Waals surface area contributed by atoms with Crippen LogP contribution in [0.1, 0.15) is 30.9 Å². The minimum atomic E-state index is -0.778. The van der Waals surface area contributed by atoms with Crippen molar-refractivity contribution >= 4 is 5.97 Å². The van der Waals surface area contributed by atoms with E-state index < -0.39 is 11.9 Å². The highest BCUT2D eigenvalue weighted by Crippen LogP contribution is 2.19. The smallest absolute Gasteiger partial charge is 0.307 e. The van der Waals surface area contributed by atoms with Gasteiger partial charge in [0.2, 0.25) is 0 Å². The molecular weight excluding hydrogens is 226 g/mol. The second-order valence-electron chi connectivity index (χ2n) is 5.08. The zero-order valence-electron chi connectivity index (χ0n) is 11.2. The Balaban J connectivity index is 2.44. The summed E-state index contributed by atoms with van der Waals surface area (Å²) < 4.78 is 0. The molecule has 0 aliphatic heterocycles. The average Bonchev–Trinajstić information content (AvgIpc) is 2.34. The van der Waals surface area contributed by atoms with Crippen molar-refractivity contribution in [3.8, 4) is 0 Å². The Hall–Kier alpha value is -1.35. The van der Waals surface area contributed by atoms with Crippen LogP contribution in [0.4, 0.5) is 0 Å². The van der Waals surface area contributed by atoms with Gasteiger partial charge in [-0.05, 0) is 43.2 Å². The molecule has 0 bridgehead atoms. The van der Waals surface area contributed by atoms with E-state index in [0.29, 0.717) is 12.3 Å². The molecule has 0 heterocycles. The molecule has 0 spiro atoms. The van der Waals surface area contributed by atoms with Crippen molar-refractivity contribution in [3.63, 3.8) is 0 Å². The van der Waals surface area contributed by atoms with Crippen LogP contribution in [0.25, 0.3) is 0 Å². The van der Waals surface area contributed by atoms with Gasteiger partial charge in [-0.2, -0.15) is 0 Å². The molecule has 3 nitrogen and oxygen atoms in total. The van der Waals surface area contributed by atoms with Crippen LogP contribution in [0.5, 0.6) is 0 Å². The van der Waals surface area contributed by atoms with Gasteiger partial charge in [-0.1, -0.05) is 31.2 Å². The lowest BCUT2D eigenvalue weighted by Gasteiger charge is -2.16. The average molecular weight is 249 g/mol. The van der Waals surface area contributed by atoms with Gasteiger partial charge < -0.3 is 10.8 Å². The van der Waals surface area contributed by atoms with Crippen LogP contribution in [0.15, 0.2) is 24.3 Å². The van der Waals surface area contributed by atoms with Crippen LogP contribution in [0, 0.1) is 18.8 Å². The largest absolute Gasteiger partial charge is 0.481 e. The highest BCUT2D eigenvalue weighted by molar-refractivity contribution is 5.70. The first-order valence-electron chi connectivity index (χ1n) is 6.52. The number of aliphatic carboxylic acids is 1. The van der Waals surface area contributed by atoms with E-state index in [0.717, 1.165) is 12.8 Å². The third kappa shape index (κ3) is 4.49. The van der Waals surface area contributed by atoms with Crippen molar-refractivity contribution in [2.45, 2.75) is 33.1 Å². The number of benzene rings is 1. The zero-order valence-corrected chi connectivity index (χ0v) is 11.2. The molecule has 0 aromatic heterocycles. The second-order valence-corrected chi connectivity index (χ2v) is 5.08. The summed E-state index contributed by atoms with van der Waals surface area (Å²) in [4.78, 5) is 10.9. The number of aryl methyl sites for hydroxylation is 2. The standard InChI is InChI=1S/C15H23NO2/c1-11(9-14(10-16)15(17)18)7-8-13-6-4-3-5-12(13)2/h3-6,11,14H,7-10,16H2,1-2H3,(H,17,18). The molecule has 0 saturated carbocycles. The minimum absolute atomic E-state index is 0.226. The maximum Gasteiger partial charge on any atom is 0.307 e. The fraction of sp³-hybridized carbons (Fsp3) is 0.533. The summed E-state index contributed by atoms with van der Waals surface area (Å²) in [5.74, 6) is -0.800. The topological polar surface area (TPSA) is 63.3 Å². The van der Waals surface area contributed by atoms with Crippen molar-refractivity contribution in [1.29, 1.82) is 0 Å². The Kier molecular flexibility index (Phi) is 5.86. The molecule has 1 aromatic carbocycles. The summed E-state index contributed by atoms with van der Waals surface area (Å²) in [6.07, 6.45) is 2.68. The summed E-state index contributed by atoms with van der Waals surface area (Å²) in [6, 6.07) is 8.34. The molecule has 0 saturated heterocycles. The van der Waals surface area contributed by atoms with Crippen LogP contribution in [0.3, 0.4) is 0 Å². The summed E-state index contributed by atoms with van der Waals surface area (Å²) in [7, 11) is 0. The van der Waals surface area contributed by atoms with E-state index in [2.05, 4.69) is 26.0 Å². The van der Waals surface area contributed by atoms with Gasteiger partial charge in [0.05, 0.1) is 5.92 Å². The van der Waals surface area contributed by atoms with Gasteiger partial charge >= 0.3 is 5.97 Å². The Bertz CT molecular complexity index is 390. The number of hydrogen-bond donors (Lipinski definition) is 2. The minimum Gasteiger partial charge on any atom is -0.481 e. The Morgan fingerprint density at radius 1 is 1.39 bits per heavy atom. The van der Waals surface area contributed by atoms with Gasteiger partial charge in [-0.25, -0.2) is 0 Å². The van der Waals surface area contributed by atoms with E-state index in [9.17, 15) is 4.79 Å². The Labute approximate surface area is 109 Å². The lowest BCUT2D eigenvalue weighted by molar-refractivity contribution is -0.141. The second kappa shape index (κ2) is 7.17. The molecule has 2 atom stereocenters. The molecule has 18 heavy (non-hydrogen) atoms. The van der Waals surface area contributed by atoms with Crippen molar-refractivity contribution in [3.05, 3.63) is 35.4 Å². The van der Waals surface area contributed by atoms with Gasteiger partial charge in [0.25, 0.3) is 0 Å². The normalized spacial score (nSPS) is 14.2. The van der Waals surface area contributed by atoms with Crippen molar-refractivity contribution < 1.29 is 9.90 Å². The molecule has 0 radical (unpaired) electrons. The Morgan fingerprint density at radius 2 is 2.06 bits per heavy atom. The van der Waals surface area contributed by atoms with E-state index in [1.54, 1.807) is 0 Å². The number of carboxylic acid groups (broad SMARTS) is 1. The van der Waals surface area contributed by atoms with Crippen molar-refractivity contribution in [2.24, 2.45) is 17.6 Å². The number of carboxylic acids is 1. The number of nitrogens with two attached hydrogens (primary N) is 1. The maximum atomic E-state index is 10.9. The van der Waals surface area contributed by atoms with Crippen molar-refractivity contribution in [2.75, 3.05) is 6.54 Å². The number of rotatable bonds is 7. The first-order valence-corrected chi connectivity index (χ1v) is 6.52. The maximum absolute atomic E-state index is 10.9. The molecule has 2 unspecified atom stereocenters. The first kappa shape index (κ1) is 14.7. The first-order chi connectivity index (χ1) is 8.54. The molecule has 0 fully saturated rings. The third-order valence-electron chi connectivity index (χ3n) is 3.49. The van der Waals surface area contributed by atoms with Crippen LogP contribution in [-0.2, 0) is 11.2 Å². The highest BCUT2D eigenvalue weighted by Gasteiger charge is 2.18. The van der Waals surface area contributed by atoms with E-state index in [-0.39, 0.29) is 6.54 Å². The summed E-state index contributed by atoms with van der Waals surface area (Å²) in [5.41, 5.74) is 8.13. The quantitative estimate of drug-likeness (QED) is 0.780. The number of hydrogen-bond acceptors (Lipinski definition) is 2.